The molecule has 1 heterocycles. The third kappa shape index (κ3) is 3.84. The Kier molecular flexibility index (Phi) is 4.76. The molecule has 1 saturated heterocycles. The SMILES string of the molecule is O=C(O)CC(CC1CCNCC1)c1ccccc1. The predicted molar refractivity (Wildman–Crippen MR) is 71.6 cm³/mol. The van der Waals surface area contributed by atoms with Gasteiger partial charge in [0, 0.05) is 0 Å². The van der Waals surface area contributed by atoms with Crippen molar-refractivity contribution in [3.05, 3.63) is 35.9 Å². The minimum atomic E-state index is -0.696. The molecule has 2 rings (SSSR count). The van der Waals surface area contributed by atoms with Crippen molar-refractivity contribution in [2.75, 3.05) is 13.1 Å². The molecular formula is C15H21NO2. The van der Waals surface area contributed by atoms with Crippen molar-refractivity contribution in [3.63, 3.8) is 0 Å². The van der Waals surface area contributed by atoms with Crippen LogP contribution >= 0.6 is 0 Å². The van der Waals surface area contributed by atoms with E-state index in [4.69, 9.17) is 5.11 Å². The van der Waals surface area contributed by atoms with Gasteiger partial charge in [0.15, 0.2) is 0 Å². The van der Waals surface area contributed by atoms with Gasteiger partial charge in [0.1, 0.15) is 0 Å². The largest absolute Gasteiger partial charge is 0.481 e. The van der Waals surface area contributed by atoms with Gasteiger partial charge in [-0.05, 0) is 49.8 Å². The van der Waals surface area contributed by atoms with E-state index in [0.717, 1.165) is 19.5 Å². The number of carbonyl (C=O) groups is 1. The van der Waals surface area contributed by atoms with Crippen LogP contribution < -0.4 is 5.32 Å². The zero-order chi connectivity index (χ0) is 12.8. The lowest BCUT2D eigenvalue weighted by molar-refractivity contribution is -0.137. The van der Waals surface area contributed by atoms with Gasteiger partial charge in [-0.1, -0.05) is 30.3 Å². The predicted octanol–water partition coefficient (Wildman–Crippen LogP) is 2.63. The molecular weight excluding hydrogens is 226 g/mol. The molecule has 18 heavy (non-hydrogen) atoms. The van der Waals surface area contributed by atoms with E-state index in [1.165, 1.54) is 18.4 Å². The Labute approximate surface area is 108 Å². The number of nitrogens with one attached hydrogen (secondary N) is 1. The van der Waals surface area contributed by atoms with Crippen LogP contribution in [0.5, 0.6) is 0 Å². The minimum absolute atomic E-state index is 0.159. The lowest BCUT2D eigenvalue weighted by atomic mass is 9.82. The van der Waals surface area contributed by atoms with Gasteiger partial charge < -0.3 is 10.4 Å². The maximum Gasteiger partial charge on any atom is 0.303 e. The van der Waals surface area contributed by atoms with Gasteiger partial charge in [0.25, 0.3) is 0 Å². The fraction of sp³-hybridized carbons (Fsp3) is 0.533. The van der Waals surface area contributed by atoms with Gasteiger partial charge in [-0.25, -0.2) is 0 Å². The van der Waals surface area contributed by atoms with Gasteiger partial charge >= 0.3 is 5.97 Å². The van der Waals surface area contributed by atoms with Crippen LogP contribution in [0.4, 0.5) is 0 Å². The third-order valence-electron chi connectivity index (χ3n) is 3.77. The smallest absolute Gasteiger partial charge is 0.303 e. The number of benzene rings is 1. The summed E-state index contributed by atoms with van der Waals surface area (Å²) in [5.74, 6) is 0.125. The summed E-state index contributed by atoms with van der Waals surface area (Å²) < 4.78 is 0. The summed E-state index contributed by atoms with van der Waals surface area (Å²) in [4.78, 5) is 11.0. The van der Waals surface area contributed by atoms with E-state index in [2.05, 4.69) is 17.4 Å². The van der Waals surface area contributed by atoms with E-state index >= 15 is 0 Å². The van der Waals surface area contributed by atoms with Crippen LogP contribution in [0.2, 0.25) is 0 Å². The van der Waals surface area contributed by atoms with Crippen molar-refractivity contribution in [1.29, 1.82) is 0 Å². The number of carboxylic acid groups (broad SMARTS) is 1. The Morgan fingerprint density at radius 2 is 1.94 bits per heavy atom. The number of carboxylic acids is 1. The molecule has 3 nitrogen and oxygen atoms in total. The number of rotatable bonds is 5. The number of piperidine rings is 1. The molecule has 0 aliphatic carbocycles. The van der Waals surface area contributed by atoms with Gasteiger partial charge in [-0.15, -0.1) is 0 Å². The fourth-order valence-electron chi connectivity index (χ4n) is 2.79. The van der Waals surface area contributed by atoms with Gasteiger partial charge in [-0.3, -0.25) is 4.79 Å². The number of hydrogen-bond donors (Lipinski definition) is 2. The van der Waals surface area contributed by atoms with Crippen molar-refractivity contribution < 1.29 is 9.90 Å². The average Bonchev–Trinajstić information content (AvgIpc) is 2.40. The van der Waals surface area contributed by atoms with Crippen molar-refractivity contribution in [3.8, 4) is 0 Å². The maximum absolute atomic E-state index is 11.0. The summed E-state index contributed by atoms with van der Waals surface area (Å²) in [7, 11) is 0. The zero-order valence-electron chi connectivity index (χ0n) is 10.6. The Bertz CT molecular complexity index is 371. The molecule has 0 amide bonds. The molecule has 1 aliphatic rings. The minimum Gasteiger partial charge on any atom is -0.481 e. The van der Waals surface area contributed by atoms with Crippen molar-refractivity contribution in [1.82, 2.24) is 5.32 Å². The van der Waals surface area contributed by atoms with E-state index < -0.39 is 5.97 Å². The molecule has 3 heteroatoms. The Hall–Kier alpha value is -1.35. The standard InChI is InChI=1S/C15H21NO2/c17-15(18)11-14(13-4-2-1-3-5-13)10-12-6-8-16-9-7-12/h1-5,12,14,16H,6-11H2,(H,17,18). The van der Waals surface area contributed by atoms with Crippen LogP contribution in [0.1, 0.15) is 37.2 Å². The van der Waals surface area contributed by atoms with Crippen molar-refractivity contribution in [2.45, 2.75) is 31.6 Å². The maximum atomic E-state index is 11.0. The van der Waals surface area contributed by atoms with Crippen LogP contribution in [-0.2, 0) is 4.79 Å². The van der Waals surface area contributed by atoms with Crippen LogP contribution in [0, 0.1) is 5.92 Å². The summed E-state index contributed by atoms with van der Waals surface area (Å²) in [6.45, 7) is 2.14. The Morgan fingerprint density at radius 3 is 2.56 bits per heavy atom. The van der Waals surface area contributed by atoms with E-state index in [1.54, 1.807) is 0 Å². The first-order valence-electron chi connectivity index (χ1n) is 6.73. The molecule has 98 valence electrons. The van der Waals surface area contributed by atoms with Crippen LogP contribution in [0.3, 0.4) is 0 Å². The highest BCUT2D eigenvalue weighted by Gasteiger charge is 2.21. The summed E-state index contributed by atoms with van der Waals surface area (Å²) >= 11 is 0. The average molecular weight is 247 g/mol. The highest BCUT2D eigenvalue weighted by molar-refractivity contribution is 5.68. The molecule has 1 unspecified atom stereocenters. The molecule has 0 spiro atoms. The van der Waals surface area contributed by atoms with Crippen LogP contribution in [0.25, 0.3) is 0 Å². The summed E-state index contributed by atoms with van der Waals surface area (Å²) in [5, 5.41) is 12.4. The summed E-state index contributed by atoms with van der Waals surface area (Å²) in [6.07, 6.45) is 3.58. The lowest BCUT2D eigenvalue weighted by Gasteiger charge is -2.26. The normalized spacial score (nSPS) is 18.4. The molecule has 0 saturated carbocycles. The van der Waals surface area contributed by atoms with E-state index in [0.29, 0.717) is 5.92 Å². The molecule has 0 aromatic heterocycles. The first-order valence-corrected chi connectivity index (χ1v) is 6.73. The number of aliphatic carboxylic acids is 1. The first-order chi connectivity index (χ1) is 8.75. The monoisotopic (exact) mass is 247 g/mol. The summed E-state index contributed by atoms with van der Waals surface area (Å²) in [5.41, 5.74) is 1.17. The van der Waals surface area contributed by atoms with E-state index in [-0.39, 0.29) is 12.3 Å². The quantitative estimate of drug-likeness (QED) is 0.841. The van der Waals surface area contributed by atoms with E-state index in [1.807, 2.05) is 18.2 Å². The van der Waals surface area contributed by atoms with Gasteiger partial charge in [0.2, 0.25) is 0 Å². The highest BCUT2D eigenvalue weighted by atomic mass is 16.4. The summed E-state index contributed by atoms with van der Waals surface area (Å²) in [6, 6.07) is 10.1. The zero-order valence-corrected chi connectivity index (χ0v) is 10.6. The fourth-order valence-corrected chi connectivity index (χ4v) is 2.79. The molecule has 1 aromatic carbocycles. The molecule has 2 N–H and O–H groups in total. The Morgan fingerprint density at radius 1 is 1.28 bits per heavy atom. The lowest BCUT2D eigenvalue weighted by Crippen LogP contribution is -2.28. The second-order valence-corrected chi connectivity index (χ2v) is 5.13. The van der Waals surface area contributed by atoms with E-state index in [9.17, 15) is 4.79 Å². The molecule has 0 radical (unpaired) electrons. The van der Waals surface area contributed by atoms with Crippen LogP contribution in [0.15, 0.2) is 30.3 Å². The molecule has 1 atom stereocenters. The number of hydrogen-bond acceptors (Lipinski definition) is 2. The van der Waals surface area contributed by atoms with Crippen LogP contribution in [-0.4, -0.2) is 24.2 Å². The second-order valence-electron chi connectivity index (χ2n) is 5.13. The first kappa shape index (κ1) is 13.1. The second kappa shape index (κ2) is 6.55. The topological polar surface area (TPSA) is 49.3 Å². The van der Waals surface area contributed by atoms with Crippen molar-refractivity contribution in [2.24, 2.45) is 5.92 Å². The Balaban J connectivity index is 2.02. The van der Waals surface area contributed by atoms with Crippen molar-refractivity contribution >= 4 is 5.97 Å². The highest BCUT2D eigenvalue weighted by Crippen LogP contribution is 2.30. The third-order valence-corrected chi connectivity index (χ3v) is 3.77. The molecule has 1 fully saturated rings. The van der Waals surface area contributed by atoms with Gasteiger partial charge in [-0.2, -0.15) is 0 Å². The van der Waals surface area contributed by atoms with Gasteiger partial charge in [0.05, 0.1) is 6.42 Å². The molecule has 1 aliphatic heterocycles. The molecule has 0 bridgehead atoms. The molecule has 1 aromatic rings.